The molecule has 3 aromatic rings. The van der Waals surface area contributed by atoms with Gasteiger partial charge in [0.1, 0.15) is 16.9 Å². The number of fused-ring (bicyclic) bond motifs is 1. The first-order chi connectivity index (χ1) is 15.0. The minimum atomic E-state index is -0.280. The van der Waals surface area contributed by atoms with Crippen molar-refractivity contribution in [1.82, 2.24) is 0 Å². The van der Waals surface area contributed by atoms with Gasteiger partial charge in [0.25, 0.3) is 0 Å². The monoisotopic (exact) mass is 450 g/mol. The van der Waals surface area contributed by atoms with Crippen LogP contribution in [-0.4, -0.2) is 17.6 Å². The maximum absolute atomic E-state index is 12.8. The van der Waals surface area contributed by atoms with Crippen molar-refractivity contribution in [3.63, 3.8) is 0 Å². The van der Waals surface area contributed by atoms with Crippen molar-refractivity contribution >= 4 is 34.6 Å². The maximum Gasteiger partial charge on any atom is 0.221 e. The van der Waals surface area contributed by atoms with E-state index in [1.54, 1.807) is 17.8 Å². The molecular formula is C28H34O3S. The van der Waals surface area contributed by atoms with E-state index in [1.165, 1.54) is 0 Å². The standard InChI is InChI=1S/C28H34O3S/c1-17(2)22-13-19(14-23(18(3)4)27(22)31-28(5,6)7)9-12-24(29)26-15-20-10-11-21(32-8)16-25(20)30-26/h9-18H,1-8H3/b12-9+. The van der Waals surface area contributed by atoms with Crippen molar-refractivity contribution in [1.29, 1.82) is 0 Å². The molecule has 0 atom stereocenters. The highest BCUT2D eigenvalue weighted by Gasteiger charge is 2.22. The normalized spacial score (nSPS) is 12.4. The summed E-state index contributed by atoms with van der Waals surface area (Å²) in [5, 5.41) is 0.937. The number of ketones is 1. The highest BCUT2D eigenvalue weighted by Crippen LogP contribution is 2.38. The fourth-order valence-corrected chi connectivity index (χ4v) is 4.02. The quantitative estimate of drug-likeness (QED) is 0.205. The Balaban J connectivity index is 1.96. The van der Waals surface area contributed by atoms with Gasteiger partial charge in [0.05, 0.1) is 0 Å². The highest BCUT2D eigenvalue weighted by molar-refractivity contribution is 7.98. The third-order valence-corrected chi connectivity index (χ3v) is 5.94. The number of benzene rings is 2. The number of furan rings is 1. The van der Waals surface area contributed by atoms with E-state index in [0.717, 1.165) is 38.3 Å². The van der Waals surface area contributed by atoms with Crippen molar-refractivity contribution in [2.45, 2.75) is 70.8 Å². The maximum atomic E-state index is 12.8. The summed E-state index contributed by atoms with van der Waals surface area (Å²) in [7, 11) is 0. The topological polar surface area (TPSA) is 39.4 Å². The molecule has 3 nitrogen and oxygen atoms in total. The number of hydrogen-bond acceptors (Lipinski definition) is 4. The van der Waals surface area contributed by atoms with Gasteiger partial charge in [-0.05, 0) is 98.0 Å². The molecule has 32 heavy (non-hydrogen) atoms. The molecule has 4 heteroatoms. The molecule has 1 aromatic heterocycles. The lowest BCUT2D eigenvalue weighted by molar-refractivity contribution is 0.102. The van der Waals surface area contributed by atoms with E-state index >= 15 is 0 Å². The van der Waals surface area contributed by atoms with Gasteiger partial charge in [0.2, 0.25) is 5.78 Å². The summed E-state index contributed by atoms with van der Waals surface area (Å²) in [5.41, 5.74) is 3.77. The molecule has 0 saturated heterocycles. The van der Waals surface area contributed by atoms with Gasteiger partial charge >= 0.3 is 0 Å². The third-order valence-electron chi connectivity index (χ3n) is 5.22. The van der Waals surface area contributed by atoms with E-state index in [9.17, 15) is 4.79 Å². The molecule has 170 valence electrons. The van der Waals surface area contributed by atoms with Crippen LogP contribution in [0.25, 0.3) is 17.0 Å². The highest BCUT2D eigenvalue weighted by atomic mass is 32.2. The Labute approximate surface area is 196 Å². The van der Waals surface area contributed by atoms with Crippen LogP contribution in [-0.2, 0) is 0 Å². The Hall–Kier alpha value is -2.46. The number of allylic oxidation sites excluding steroid dienone is 1. The molecule has 0 saturated carbocycles. The van der Waals surface area contributed by atoms with E-state index < -0.39 is 0 Å². The first kappa shape index (κ1) is 24.2. The first-order valence-corrected chi connectivity index (χ1v) is 12.4. The molecule has 3 rings (SSSR count). The van der Waals surface area contributed by atoms with E-state index in [0.29, 0.717) is 17.6 Å². The Morgan fingerprint density at radius 1 is 1.00 bits per heavy atom. The Morgan fingerprint density at radius 3 is 2.16 bits per heavy atom. The minimum Gasteiger partial charge on any atom is -0.488 e. The average Bonchev–Trinajstić information content (AvgIpc) is 3.14. The fourth-order valence-electron chi connectivity index (χ4n) is 3.59. The van der Waals surface area contributed by atoms with E-state index in [1.807, 2.05) is 36.6 Å². The smallest absolute Gasteiger partial charge is 0.221 e. The van der Waals surface area contributed by atoms with Crippen molar-refractivity contribution in [2.75, 3.05) is 6.26 Å². The molecule has 0 spiro atoms. The van der Waals surface area contributed by atoms with Crippen LogP contribution < -0.4 is 4.74 Å². The molecule has 0 amide bonds. The second-order valence-corrected chi connectivity index (χ2v) is 10.6. The van der Waals surface area contributed by atoms with Crippen LogP contribution in [0.2, 0.25) is 0 Å². The molecule has 0 fully saturated rings. The average molecular weight is 451 g/mol. The van der Waals surface area contributed by atoms with Crippen LogP contribution >= 0.6 is 11.8 Å². The van der Waals surface area contributed by atoms with Crippen LogP contribution in [0.4, 0.5) is 0 Å². The molecule has 0 N–H and O–H groups in total. The van der Waals surface area contributed by atoms with Gasteiger partial charge in [-0.25, -0.2) is 0 Å². The van der Waals surface area contributed by atoms with Gasteiger partial charge in [-0.3, -0.25) is 4.79 Å². The van der Waals surface area contributed by atoms with Crippen LogP contribution in [0.5, 0.6) is 5.75 Å². The van der Waals surface area contributed by atoms with Gasteiger partial charge in [0, 0.05) is 10.3 Å². The number of ether oxygens (including phenoxy) is 1. The van der Waals surface area contributed by atoms with Crippen molar-refractivity contribution < 1.29 is 13.9 Å². The fraction of sp³-hybridized carbons (Fsp3) is 0.393. The summed E-state index contributed by atoms with van der Waals surface area (Å²) in [6.45, 7) is 14.9. The van der Waals surface area contributed by atoms with Crippen molar-refractivity contribution in [3.05, 3.63) is 64.9 Å². The van der Waals surface area contributed by atoms with Gasteiger partial charge < -0.3 is 9.15 Å². The third kappa shape index (κ3) is 5.66. The minimum absolute atomic E-state index is 0.140. The van der Waals surface area contributed by atoms with Crippen molar-refractivity contribution in [3.8, 4) is 5.75 Å². The second-order valence-electron chi connectivity index (χ2n) is 9.76. The van der Waals surface area contributed by atoms with Gasteiger partial charge in [0.15, 0.2) is 5.76 Å². The molecule has 0 aliphatic carbocycles. The van der Waals surface area contributed by atoms with Gasteiger partial charge in [-0.15, -0.1) is 11.8 Å². The van der Waals surface area contributed by atoms with Crippen molar-refractivity contribution in [2.24, 2.45) is 0 Å². The first-order valence-electron chi connectivity index (χ1n) is 11.2. The summed E-state index contributed by atoms with van der Waals surface area (Å²) < 4.78 is 12.2. The Bertz CT molecular complexity index is 1110. The predicted molar refractivity (Wildman–Crippen MR) is 136 cm³/mol. The summed E-state index contributed by atoms with van der Waals surface area (Å²) in [5.74, 6) is 1.78. The molecule has 1 heterocycles. The molecule has 2 aromatic carbocycles. The van der Waals surface area contributed by atoms with E-state index in [4.69, 9.17) is 9.15 Å². The Morgan fingerprint density at radius 2 is 1.62 bits per heavy atom. The summed E-state index contributed by atoms with van der Waals surface area (Å²) in [6, 6.07) is 12.1. The summed E-state index contributed by atoms with van der Waals surface area (Å²) in [4.78, 5) is 13.9. The lowest BCUT2D eigenvalue weighted by Gasteiger charge is -2.28. The van der Waals surface area contributed by atoms with Gasteiger partial charge in [-0.2, -0.15) is 0 Å². The van der Waals surface area contributed by atoms with Crippen LogP contribution in [0.3, 0.4) is 0 Å². The molecule has 0 aliphatic heterocycles. The molecule has 0 radical (unpaired) electrons. The molecule has 0 unspecified atom stereocenters. The lowest BCUT2D eigenvalue weighted by atomic mass is 9.91. The number of rotatable bonds is 7. The zero-order valence-electron chi connectivity index (χ0n) is 20.4. The van der Waals surface area contributed by atoms with Crippen LogP contribution in [0, 0.1) is 0 Å². The second kappa shape index (κ2) is 9.58. The largest absolute Gasteiger partial charge is 0.488 e. The Kier molecular flexibility index (Phi) is 7.24. The number of carbonyl (C=O) groups is 1. The summed E-state index contributed by atoms with van der Waals surface area (Å²) in [6.07, 6.45) is 5.50. The summed E-state index contributed by atoms with van der Waals surface area (Å²) >= 11 is 1.65. The number of carbonyl (C=O) groups excluding carboxylic acids is 1. The number of hydrogen-bond donors (Lipinski definition) is 0. The van der Waals surface area contributed by atoms with Gasteiger partial charge in [-0.1, -0.05) is 33.8 Å². The van der Waals surface area contributed by atoms with E-state index in [-0.39, 0.29) is 11.4 Å². The van der Waals surface area contributed by atoms with Crippen LogP contribution in [0.1, 0.15) is 87.5 Å². The predicted octanol–water partition coefficient (Wildman–Crippen LogP) is 8.47. The molecule has 0 bridgehead atoms. The van der Waals surface area contributed by atoms with E-state index in [2.05, 4.69) is 60.6 Å². The molecule has 0 aliphatic rings. The zero-order valence-corrected chi connectivity index (χ0v) is 21.2. The lowest BCUT2D eigenvalue weighted by Crippen LogP contribution is -2.25. The molecular weight excluding hydrogens is 416 g/mol. The number of thioether (sulfide) groups is 1. The zero-order chi connectivity index (χ0) is 23.6. The SMILES string of the molecule is CSc1ccc2cc(C(=O)/C=C/c3cc(C(C)C)c(OC(C)(C)C)c(C(C)C)c3)oc2c1. The van der Waals surface area contributed by atoms with Crippen LogP contribution in [0.15, 0.2) is 51.8 Å².